The molecule has 0 unspecified atom stereocenters. The summed E-state index contributed by atoms with van der Waals surface area (Å²) in [6.07, 6.45) is 3.80. The minimum atomic E-state index is 0.0208. The van der Waals surface area contributed by atoms with Crippen LogP contribution in [0.2, 0.25) is 0 Å². The van der Waals surface area contributed by atoms with Crippen LogP contribution in [0.3, 0.4) is 0 Å². The average molecular weight is 193 g/mol. The van der Waals surface area contributed by atoms with Gasteiger partial charge in [0.25, 0.3) is 5.91 Å². The predicted octanol–water partition coefficient (Wildman–Crippen LogP) is 2.29. The van der Waals surface area contributed by atoms with Crippen molar-refractivity contribution in [2.75, 3.05) is 0 Å². The fourth-order valence-electron chi connectivity index (χ4n) is 1.70. The molecule has 76 valence electrons. The number of amides is 1. The Morgan fingerprint density at radius 3 is 2.71 bits per heavy atom. The Labute approximate surface area is 83.7 Å². The molecule has 0 bridgehead atoms. The van der Waals surface area contributed by atoms with Crippen LogP contribution in [0.4, 0.5) is 0 Å². The highest BCUT2D eigenvalue weighted by molar-refractivity contribution is 5.92. The van der Waals surface area contributed by atoms with E-state index in [-0.39, 0.29) is 11.9 Å². The highest BCUT2D eigenvalue weighted by Gasteiger charge is 2.35. The van der Waals surface area contributed by atoms with E-state index in [1.165, 1.54) is 0 Å². The molecule has 0 aromatic carbocycles. The summed E-state index contributed by atoms with van der Waals surface area (Å²) in [6, 6.07) is 4.16. The maximum absolute atomic E-state index is 12.0. The summed E-state index contributed by atoms with van der Waals surface area (Å²) in [5.74, 6) is 0.470. The Kier molecular flexibility index (Phi) is 2.32. The fourth-order valence-corrected chi connectivity index (χ4v) is 1.70. The van der Waals surface area contributed by atoms with Gasteiger partial charge in [0.05, 0.1) is 6.26 Å². The van der Waals surface area contributed by atoms with E-state index in [0.29, 0.717) is 11.8 Å². The van der Waals surface area contributed by atoms with E-state index in [4.69, 9.17) is 4.42 Å². The van der Waals surface area contributed by atoms with Crippen LogP contribution in [0, 0.1) is 0 Å². The van der Waals surface area contributed by atoms with Gasteiger partial charge < -0.3 is 9.32 Å². The minimum absolute atomic E-state index is 0.0208. The van der Waals surface area contributed by atoms with Crippen LogP contribution in [0.5, 0.6) is 0 Å². The quantitative estimate of drug-likeness (QED) is 0.738. The van der Waals surface area contributed by atoms with Crippen molar-refractivity contribution in [3.63, 3.8) is 0 Å². The zero-order valence-electron chi connectivity index (χ0n) is 8.56. The first-order valence-electron chi connectivity index (χ1n) is 5.06. The van der Waals surface area contributed by atoms with E-state index in [2.05, 4.69) is 0 Å². The van der Waals surface area contributed by atoms with E-state index >= 15 is 0 Å². The lowest BCUT2D eigenvalue weighted by Gasteiger charge is -2.25. The predicted molar refractivity (Wildman–Crippen MR) is 53.0 cm³/mol. The Balaban J connectivity index is 2.15. The van der Waals surface area contributed by atoms with Gasteiger partial charge in [-0.05, 0) is 38.8 Å². The van der Waals surface area contributed by atoms with Gasteiger partial charge >= 0.3 is 0 Å². The van der Waals surface area contributed by atoms with Gasteiger partial charge in [-0.1, -0.05) is 0 Å². The molecule has 1 aromatic heterocycles. The van der Waals surface area contributed by atoms with E-state index in [1.54, 1.807) is 18.4 Å². The van der Waals surface area contributed by atoms with Crippen LogP contribution in [-0.4, -0.2) is 22.9 Å². The number of hydrogen-bond donors (Lipinski definition) is 0. The van der Waals surface area contributed by atoms with Gasteiger partial charge in [0, 0.05) is 12.1 Å². The molecule has 0 radical (unpaired) electrons. The molecule has 1 aliphatic rings. The maximum Gasteiger partial charge on any atom is 0.290 e. The van der Waals surface area contributed by atoms with Crippen molar-refractivity contribution < 1.29 is 9.21 Å². The first kappa shape index (κ1) is 9.31. The van der Waals surface area contributed by atoms with Crippen LogP contribution in [0.1, 0.15) is 37.2 Å². The highest BCUT2D eigenvalue weighted by Crippen LogP contribution is 2.30. The van der Waals surface area contributed by atoms with Crippen molar-refractivity contribution in [1.82, 2.24) is 4.90 Å². The van der Waals surface area contributed by atoms with Gasteiger partial charge in [-0.3, -0.25) is 4.79 Å². The largest absolute Gasteiger partial charge is 0.459 e. The number of furan rings is 1. The summed E-state index contributed by atoms with van der Waals surface area (Å²) in [4.78, 5) is 13.9. The summed E-state index contributed by atoms with van der Waals surface area (Å²) < 4.78 is 5.11. The molecule has 1 saturated carbocycles. The van der Waals surface area contributed by atoms with Gasteiger partial charge in [-0.25, -0.2) is 0 Å². The smallest absolute Gasteiger partial charge is 0.290 e. The van der Waals surface area contributed by atoms with Crippen LogP contribution >= 0.6 is 0 Å². The standard InChI is InChI=1S/C11H15NO2/c1-8(2)12(9-5-6-9)11(13)10-4-3-7-14-10/h3-4,7-9H,5-6H2,1-2H3. The van der Waals surface area contributed by atoms with E-state index in [9.17, 15) is 4.79 Å². The molecule has 3 nitrogen and oxygen atoms in total. The Morgan fingerprint density at radius 2 is 2.29 bits per heavy atom. The number of nitrogens with zero attached hydrogens (tertiary/aromatic N) is 1. The van der Waals surface area contributed by atoms with E-state index < -0.39 is 0 Å². The summed E-state index contributed by atoms with van der Waals surface area (Å²) in [6.45, 7) is 4.08. The van der Waals surface area contributed by atoms with Gasteiger partial charge in [0.1, 0.15) is 0 Å². The molecule has 1 aliphatic carbocycles. The number of carbonyl (C=O) groups excluding carboxylic acids is 1. The second-order valence-corrected chi connectivity index (χ2v) is 4.01. The van der Waals surface area contributed by atoms with E-state index in [0.717, 1.165) is 12.8 Å². The first-order chi connectivity index (χ1) is 6.70. The molecular weight excluding hydrogens is 178 g/mol. The maximum atomic E-state index is 12.0. The fraction of sp³-hybridized carbons (Fsp3) is 0.545. The number of carbonyl (C=O) groups is 1. The molecule has 3 heteroatoms. The van der Waals surface area contributed by atoms with Gasteiger partial charge in [-0.2, -0.15) is 0 Å². The van der Waals surface area contributed by atoms with Crippen LogP contribution in [-0.2, 0) is 0 Å². The monoisotopic (exact) mass is 193 g/mol. The van der Waals surface area contributed by atoms with Gasteiger partial charge in [0.15, 0.2) is 5.76 Å². The number of rotatable bonds is 3. The summed E-state index contributed by atoms with van der Waals surface area (Å²) in [7, 11) is 0. The number of hydrogen-bond acceptors (Lipinski definition) is 2. The molecule has 0 spiro atoms. The third-order valence-corrected chi connectivity index (χ3v) is 2.46. The summed E-state index contributed by atoms with van der Waals surface area (Å²) >= 11 is 0. The molecule has 0 aliphatic heterocycles. The van der Waals surface area contributed by atoms with Crippen molar-refractivity contribution in [2.24, 2.45) is 0 Å². The zero-order valence-corrected chi connectivity index (χ0v) is 8.56. The molecule has 14 heavy (non-hydrogen) atoms. The third-order valence-electron chi connectivity index (χ3n) is 2.46. The molecular formula is C11H15NO2. The molecule has 1 aromatic rings. The highest BCUT2D eigenvalue weighted by atomic mass is 16.3. The van der Waals surface area contributed by atoms with Gasteiger partial charge in [-0.15, -0.1) is 0 Å². The van der Waals surface area contributed by atoms with Crippen molar-refractivity contribution >= 4 is 5.91 Å². The third kappa shape index (κ3) is 1.67. The lowest BCUT2D eigenvalue weighted by atomic mass is 10.2. The topological polar surface area (TPSA) is 33.5 Å². The lowest BCUT2D eigenvalue weighted by molar-refractivity contribution is 0.0657. The SMILES string of the molecule is CC(C)N(C(=O)c1ccco1)C1CC1. The molecule has 1 heterocycles. The molecule has 1 amide bonds. The molecule has 0 atom stereocenters. The second kappa shape index (κ2) is 3.48. The van der Waals surface area contributed by atoms with Crippen LogP contribution in [0.15, 0.2) is 22.8 Å². The summed E-state index contributed by atoms with van der Waals surface area (Å²) in [5.41, 5.74) is 0. The Morgan fingerprint density at radius 1 is 1.57 bits per heavy atom. The minimum Gasteiger partial charge on any atom is -0.459 e. The van der Waals surface area contributed by atoms with Crippen LogP contribution in [0.25, 0.3) is 0 Å². The molecule has 2 rings (SSSR count). The normalized spacial score (nSPS) is 15.9. The van der Waals surface area contributed by atoms with Gasteiger partial charge in [0.2, 0.25) is 0 Å². The molecule has 1 fully saturated rings. The van der Waals surface area contributed by atoms with Crippen molar-refractivity contribution in [3.05, 3.63) is 24.2 Å². The van der Waals surface area contributed by atoms with E-state index in [1.807, 2.05) is 18.7 Å². The zero-order chi connectivity index (χ0) is 10.1. The lowest BCUT2D eigenvalue weighted by Crippen LogP contribution is -2.38. The molecule has 0 N–H and O–H groups in total. The Hall–Kier alpha value is -1.25. The second-order valence-electron chi connectivity index (χ2n) is 4.01. The van der Waals surface area contributed by atoms with Crippen molar-refractivity contribution in [1.29, 1.82) is 0 Å². The van der Waals surface area contributed by atoms with Crippen molar-refractivity contribution in [3.8, 4) is 0 Å². The van der Waals surface area contributed by atoms with Crippen molar-refractivity contribution in [2.45, 2.75) is 38.8 Å². The first-order valence-corrected chi connectivity index (χ1v) is 5.06. The average Bonchev–Trinajstić information content (AvgIpc) is 2.82. The van der Waals surface area contributed by atoms with Crippen LogP contribution < -0.4 is 0 Å². The summed E-state index contributed by atoms with van der Waals surface area (Å²) in [5, 5.41) is 0. The molecule has 0 saturated heterocycles. The Bertz CT molecular complexity index is 310.